The van der Waals surface area contributed by atoms with Gasteiger partial charge >= 0.3 is 0 Å². The fourth-order valence-corrected chi connectivity index (χ4v) is 1.10. The van der Waals surface area contributed by atoms with Crippen LogP contribution in [0.3, 0.4) is 0 Å². The maximum atomic E-state index is 9.00. The minimum Gasteiger partial charge on any atom is -0.392 e. The van der Waals surface area contributed by atoms with Crippen molar-refractivity contribution in [3.8, 4) is 0 Å². The van der Waals surface area contributed by atoms with Crippen molar-refractivity contribution in [2.24, 2.45) is 0 Å². The molecule has 0 saturated carbocycles. The summed E-state index contributed by atoms with van der Waals surface area (Å²) >= 11 is 0. The van der Waals surface area contributed by atoms with Crippen LogP contribution in [0.1, 0.15) is 11.1 Å². The molecular formula is C11H14O2. The molecule has 2 heteroatoms. The van der Waals surface area contributed by atoms with E-state index < -0.39 is 0 Å². The third-order valence-corrected chi connectivity index (χ3v) is 1.78. The van der Waals surface area contributed by atoms with Crippen LogP contribution in [0.4, 0.5) is 0 Å². The Labute approximate surface area is 78.5 Å². The zero-order chi connectivity index (χ0) is 9.52. The summed E-state index contributed by atoms with van der Waals surface area (Å²) in [5.41, 5.74) is 1.96. The second-order valence-corrected chi connectivity index (χ2v) is 2.73. The third-order valence-electron chi connectivity index (χ3n) is 1.78. The minimum absolute atomic E-state index is 0.0631. The van der Waals surface area contributed by atoms with Crippen molar-refractivity contribution in [1.29, 1.82) is 0 Å². The van der Waals surface area contributed by atoms with Crippen molar-refractivity contribution < 1.29 is 9.84 Å². The van der Waals surface area contributed by atoms with Crippen LogP contribution in [0, 0.1) is 0 Å². The van der Waals surface area contributed by atoms with Crippen molar-refractivity contribution in [1.82, 2.24) is 0 Å². The molecule has 70 valence electrons. The van der Waals surface area contributed by atoms with Gasteiger partial charge in [0.25, 0.3) is 0 Å². The molecule has 0 radical (unpaired) electrons. The van der Waals surface area contributed by atoms with E-state index >= 15 is 0 Å². The van der Waals surface area contributed by atoms with Crippen LogP contribution in [0.25, 0.3) is 0 Å². The second kappa shape index (κ2) is 5.51. The summed E-state index contributed by atoms with van der Waals surface area (Å²) in [6.07, 6.45) is 1.71. The van der Waals surface area contributed by atoms with Gasteiger partial charge in [-0.15, -0.1) is 6.58 Å². The van der Waals surface area contributed by atoms with Crippen molar-refractivity contribution in [3.63, 3.8) is 0 Å². The predicted octanol–water partition coefficient (Wildman–Crippen LogP) is 1.88. The zero-order valence-corrected chi connectivity index (χ0v) is 7.57. The largest absolute Gasteiger partial charge is 0.392 e. The predicted molar refractivity (Wildman–Crippen MR) is 52.2 cm³/mol. The summed E-state index contributed by atoms with van der Waals surface area (Å²) in [7, 11) is 0. The normalized spacial score (nSPS) is 9.92. The van der Waals surface area contributed by atoms with Crippen molar-refractivity contribution >= 4 is 0 Å². The van der Waals surface area contributed by atoms with E-state index in [-0.39, 0.29) is 6.61 Å². The van der Waals surface area contributed by atoms with E-state index in [0.717, 1.165) is 11.1 Å². The summed E-state index contributed by atoms with van der Waals surface area (Å²) in [6, 6.07) is 7.69. The molecule has 0 spiro atoms. The Hall–Kier alpha value is -1.12. The van der Waals surface area contributed by atoms with Crippen LogP contribution in [-0.2, 0) is 18.0 Å². The molecule has 13 heavy (non-hydrogen) atoms. The highest BCUT2D eigenvalue weighted by Crippen LogP contribution is 2.09. The Kier molecular flexibility index (Phi) is 4.23. The third kappa shape index (κ3) is 3.01. The molecule has 0 aliphatic heterocycles. The summed E-state index contributed by atoms with van der Waals surface area (Å²) in [5, 5.41) is 9.00. The van der Waals surface area contributed by atoms with Gasteiger partial charge in [-0.2, -0.15) is 0 Å². The van der Waals surface area contributed by atoms with E-state index in [0.29, 0.717) is 13.2 Å². The van der Waals surface area contributed by atoms with Crippen LogP contribution in [-0.4, -0.2) is 11.7 Å². The van der Waals surface area contributed by atoms with Gasteiger partial charge in [0.2, 0.25) is 0 Å². The molecule has 0 amide bonds. The molecule has 1 rings (SSSR count). The van der Waals surface area contributed by atoms with E-state index in [1.165, 1.54) is 0 Å². The summed E-state index contributed by atoms with van der Waals surface area (Å²) in [6.45, 7) is 4.70. The molecule has 1 aromatic rings. The average molecular weight is 178 g/mol. The van der Waals surface area contributed by atoms with E-state index in [1.54, 1.807) is 6.08 Å². The fourth-order valence-electron chi connectivity index (χ4n) is 1.10. The minimum atomic E-state index is 0.0631. The monoisotopic (exact) mass is 178 g/mol. The van der Waals surface area contributed by atoms with Crippen molar-refractivity contribution in [3.05, 3.63) is 48.0 Å². The Bertz CT molecular complexity index is 269. The molecule has 0 aromatic heterocycles. The van der Waals surface area contributed by atoms with E-state index in [1.807, 2.05) is 24.3 Å². The Morgan fingerprint density at radius 2 is 2.00 bits per heavy atom. The van der Waals surface area contributed by atoms with E-state index in [9.17, 15) is 0 Å². The lowest BCUT2D eigenvalue weighted by Crippen LogP contribution is -1.97. The zero-order valence-electron chi connectivity index (χ0n) is 7.57. The highest BCUT2D eigenvalue weighted by atomic mass is 16.5. The molecule has 1 aromatic carbocycles. The van der Waals surface area contributed by atoms with Crippen LogP contribution in [0.5, 0.6) is 0 Å². The molecule has 1 N–H and O–H groups in total. The number of rotatable bonds is 5. The SMILES string of the molecule is C=CCOCc1ccccc1CO. The quantitative estimate of drug-likeness (QED) is 0.551. The molecule has 0 atom stereocenters. The summed E-state index contributed by atoms with van der Waals surface area (Å²) < 4.78 is 5.28. The Balaban J connectivity index is 2.58. The highest BCUT2D eigenvalue weighted by molar-refractivity contribution is 5.25. The number of aliphatic hydroxyl groups is 1. The summed E-state index contributed by atoms with van der Waals surface area (Å²) in [5.74, 6) is 0. The highest BCUT2D eigenvalue weighted by Gasteiger charge is 1.98. The smallest absolute Gasteiger partial charge is 0.0724 e. The Morgan fingerprint density at radius 1 is 1.31 bits per heavy atom. The van der Waals surface area contributed by atoms with E-state index in [4.69, 9.17) is 9.84 Å². The Morgan fingerprint density at radius 3 is 2.62 bits per heavy atom. The van der Waals surface area contributed by atoms with Gasteiger partial charge < -0.3 is 9.84 Å². The van der Waals surface area contributed by atoms with Gasteiger partial charge in [0, 0.05) is 0 Å². The molecule has 0 saturated heterocycles. The molecule has 0 fully saturated rings. The molecule has 0 heterocycles. The second-order valence-electron chi connectivity index (χ2n) is 2.73. The lowest BCUT2D eigenvalue weighted by Gasteiger charge is -2.06. The average Bonchev–Trinajstić information content (AvgIpc) is 2.19. The first-order chi connectivity index (χ1) is 6.38. The van der Waals surface area contributed by atoms with Gasteiger partial charge in [0.1, 0.15) is 0 Å². The van der Waals surface area contributed by atoms with Gasteiger partial charge in [-0.25, -0.2) is 0 Å². The topological polar surface area (TPSA) is 29.5 Å². The first-order valence-corrected chi connectivity index (χ1v) is 4.24. The van der Waals surface area contributed by atoms with Gasteiger partial charge in [-0.1, -0.05) is 30.3 Å². The van der Waals surface area contributed by atoms with Crippen LogP contribution in [0.15, 0.2) is 36.9 Å². The number of benzene rings is 1. The number of aliphatic hydroxyl groups excluding tert-OH is 1. The van der Waals surface area contributed by atoms with Crippen molar-refractivity contribution in [2.45, 2.75) is 13.2 Å². The number of ether oxygens (including phenoxy) is 1. The molecule has 0 aliphatic rings. The lowest BCUT2D eigenvalue weighted by molar-refractivity contribution is 0.146. The first kappa shape index (κ1) is 9.96. The standard InChI is InChI=1S/C11H14O2/c1-2-7-13-9-11-6-4-3-5-10(11)8-12/h2-6,12H,1,7-9H2. The maximum Gasteiger partial charge on any atom is 0.0724 e. The van der Waals surface area contributed by atoms with E-state index in [2.05, 4.69) is 6.58 Å². The van der Waals surface area contributed by atoms with Crippen LogP contribution >= 0.6 is 0 Å². The maximum absolute atomic E-state index is 9.00. The van der Waals surface area contributed by atoms with Gasteiger partial charge in [0.05, 0.1) is 19.8 Å². The van der Waals surface area contributed by atoms with Crippen LogP contribution < -0.4 is 0 Å². The first-order valence-electron chi connectivity index (χ1n) is 4.24. The number of hydrogen-bond donors (Lipinski definition) is 1. The molecular weight excluding hydrogens is 164 g/mol. The molecule has 0 aliphatic carbocycles. The number of hydrogen-bond acceptors (Lipinski definition) is 2. The fraction of sp³-hybridized carbons (Fsp3) is 0.273. The molecule has 0 unspecified atom stereocenters. The molecule has 2 nitrogen and oxygen atoms in total. The van der Waals surface area contributed by atoms with Crippen LogP contribution in [0.2, 0.25) is 0 Å². The van der Waals surface area contributed by atoms with Gasteiger partial charge in [-0.3, -0.25) is 0 Å². The summed E-state index contributed by atoms with van der Waals surface area (Å²) in [4.78, 5) is 0. The van der Waals surface area contributed by atoms with Gasteiger partial charge in [0.15, 0.2) is 0 Å². The van der Waals surface area contributed by atoms with Gasteiger partial charge in [-0.05, 0) is 11.1 Å². The lowest BCUT2D eigenvalue weighted by atomic mass is 10.1. The van der Waals surface area contributed by atoms with Crippen molar-refractivity contribution in [2.75, 3.05) is 6.61 Å². The molecule has 0 bridgehead atoms.